The van der Waals surface area contributed by atoms with Gasteiger partial charge in [0.25, 0.3) is 11.8 Å². The molecule has 0 heterocycles. The van der Waals surface area contributed by atoms with Gasteiger partial charge in [-0.3, -0.25) is 9.59 Å². The van der Waals surface area contributed by atoms with E-state index in [-0.39, 0.29) is 5.91 Å². The first kappa shape index (κ1) is 18.7. The van der Waals surface area contributed by atoms with Crippen LogP contribution in [-0.2, 0) is 0 Å². The molecule has 0 aromatic heterocycles. The second kappa shape index (κ2) is 8.52. The number of rotatable bonds is 5. The number of nitrogens with one attached hydrogen (secondary N) is 2. The molecule has 3 aromatic carbocycles. The summed E-state index contributed by atoms with van der Waals surface area (Å²) in [7, 11) is 1.57. The zero-order chi connectivity index (χ0) is 19.9. The molecule has 3 rings (SSSR count). The van der Waals surface area contributed by atoms with Crippen molar-refractivity contribution in [2.75, 3.05) is 17.7 Å². The van der Waals surface area contributed by atoms with E-state index in [9.17, 15) is 9.59 Å². The number of anilines is 2. The Morgan fingerprint density at radius 1 is 0.857 bits per heavy atom. The van der Waals surface area contributed by atoms with Crippen LogP contribution in [-0.4, -0.2) is 18.9 Å². The largest absolute Gasteiger partial charge is 0.497 e. The quantitative estimate of drug-likeness (QED) is 0.707. The average molecular weight is 371 g/mol. The van der Waals surface area contributed by atoms with E-state index in [1.807, 2.05) is 6.07 Å². The van der Waals surface area contributed by atoms with Crippen molar-refractivity contribution in [1.82, 2.24) is 0 Å². The van der Waals surface area contributed by atoms with E-state index in [4.69, 9.17) is 10.00 Å². The molecule has 0 aliphatic heterocycles. The Labute approximate surface area is 162 Å². The minimum absolute atomic E-state index is 0.315. The fourth-order valence-electron chi connectivity index (χ4n) is 2.56. The Bertz CT molecular complexity index is 1050. The molecule has 0 aliphatic rings. The van der Waals surface area contributed by atoms with Crippen LogP contribution in [0.4, 0.5) is 11.4 Å². The summed E-state index contributed by atoms with van der Waals surface area (Å²) in [5.74, 6) is -0.0478. The zero-order valence-corrected chi connectivity index (χ0v) is 15.1. The van der Waals surface area contributed by atoms with E-state index in [1.54, 1.807) is 73.8 Å². The van der Waals surface area contributed by atoms with Gasteiger partial charge in [0.2, 0.25) is 0 Å². The molecule has 0 radical (unpaired) electrons. The first-order chi connectivity index (χ1) is 13.6. The van der Waals surface area contributed by atoms with E-state index in [2.05, 4.69) is 10.6 Å². The first-order valence-corrected chi connectivity index (χ1v) is 8.46. The minimum atomic E-state index is -0.401. The van der Waals surface area contributed by atoms with Crippen molar-refractivity contribution in [3.63, 3.8) is 0 Å². The molecule has 0 fully saturated rings. The average Bonchev–Trinajstić information content (AvgIpc) is 2.74. The van der Waals surface area contributed by atoms with Gasteiger partial charge in [0.15, 0.2) is 0 Å². The Hall–Kier alpha value is -4.11. The molecule has 0 aliphatic carbocycles. The summed E-state index contributed by atoms with van der Waals surface area (Å²) in [4.78, 5) is 25.0. The van der Waals surface area contributed by atoms with E-state index < -0.39 is 5.91 Å². The van der Waals surface area contributed by atoms with Gasteiger partial charge in [0.05, 0.1) is 18.4 Å². The number of nitrogens with zero attached hydrogens (tertiary/aromatic N) is 1. The van der Waals surface area contributed by atoms with Gasteiger partial charge in [-0.25, -0.2) is 0 Å². The van der Waals surface area contributed by atoms with Gasteiger partial charge < -0.3 is 15.4 Å². The summed E-state index contributed by atoms with van der Waals surface area (Å²) in [6, 6.07) is 22.1. The maximum Gasteiger partial charge on any atom is 0.255 e. The second-order valence-electron chi connectivity index (χ2n) is 5.87. The van der Waals surface area contributed by atoms with Crippen LogP contribution in [0.25, 0.3) is 0 Å². The van der Waals surface area contributed by atoms with E-state index in [0.717, 1.165) is 0 Å². The molecule has 2 amide bonds. The molecule has 6 nitrogen and oxygen atoms in total. The number of hydrogen-bond donors (Lipinski definition) is 2. The molecular formula is C22H17N3O3. The lowest BCUT2D eigenvalue weighted by atomic mass is 10.1. The highest BCUT2D eigenvalue weighted by atomic mass is 16.5. The molecule has 0 spiro atoms. The number of amides is 2. The highest BCUT2D eigenvalue weighted by molar-refractivity contribution is 6.09. The molecule has 0 bridgehead atoms. The molecular weight excluding hydrogens is 354 g/mol. The maximum absolute atomic E-state index is 12.5. The predicted octanol–water partition coefficient (Wildman–Crippen LogP) is 4.07. The van der Waals surface area contributed by atoms with E-state index in [0.29, 0.717) is 33.8 Å². The fraction of sp³-hybridized carbons (Fsp3) is 0.0455. The molecule has 0 saturated carbocycles. The van der Waals surface area contributed by atoms with Crippen LogP contribution in [0.15, 0.2) is 72.8 Å². The Kier molecular flexibility index (Phi) is 5.68. The zero-order valence-electron chi connectivity index (χ0n) is 15.1. The third-order valence-electron chi connectivity index (χ3n) is 4.03. The van der Waals surface area contributed by atoms with Gasteiger partial charge in [0.1, 0.15) is 11.8 Å². The fourth-order valence-corrected chi connectivity index (χ4v) is 2.56. The van der Waals surface area contributed by atoms with Gasteiger partial charge in [-0.1, -0.05) is 18.2 Å². The Morgan fingerprint density at radius 2 is 1.50 bits per heavy atom. The lowest BCUT2D eigenvalue weighted by Crippen LogP contribution is -2.16. The van der Waals surface area contributed by atoms with Crippen LogP contribution in [0, 0.1) is 11.3 Å². The van der Waals surface area contributed by atoms with Crippen molar-refractivity contribution in [3.05, 3.63) is 89.5 Å². The SMILES string of the molecule is COc1ccc(NC(=O)c2cccc(C(=O)Nc3ccccc3C#N)c2)cc1. The maximum atomic E-state index is 12.5. The van der Waals surface area contributed by atoms with Crippen LogP contribution < -0.4 is 15.4 Å². The number of carbonyl (C=O) groups is 2. The summed E-state index contributed by atoms with van der Waals surface area (Å²) >= 11 is 0. The number of methoxy groups -OCH3 is 1. The summed E-state index contributed by atoms with van der Waals surface area (Å²) in [5.41, 5.74) is 2.06. The monoisotopic (exact) mass is 371 g/mol. The third-order valence-corrected chi connectivity index (χ3v) is 4.03. The summed E-state index contributed by atoms with van der Waals surface area (Å²) in [5, 5.41) is 14.6. The number of benzene rings is 3. The van der Waals surface area contributed by atoms with Crippen LogP contribution in [0.5, 0.6) is 5.75 Å². The molecule has 6 heteroatoms. The number of ether oxygens (including phenoxy) is 1. The van der Waals surface area contributed by atoms with Crippen molar-refractivity contribution in [3.8, 4) is 11.8 Å². The van der Waals surface area contributed by atoms with Crippen LogP contribution in [0.1, 0.15) is 26.3 Å². The Balaban J connectivity index is 1.74. The van der Waals surface area contributed by atoms with Crippen molar-refractivity contribution >= 4 is 23.2 Å². The van der Waals surface area contributed by atoms with Crippen LogP contribution in [0.3, 0.4) is 0 Å². The molecule has 2 N–H and O–H groups in total. The number of carbonyl (C=O) groups excluding carboxylic acids is 2. The molecule has 0 unspecified atom stereocenters. The standard InChI is InChI=1S/C22H17N3O3/c1-28-19-11-9-18(10-12-19)24-21(26)15-6-4-7-16(13-15)22(27)25-20-8-3-2-5-17(20)14-23/h2-13H,1H3,(H,24,26)(H,25,27). The van der Waals surface area contributed by atoms with Crippen molar-refractivity contribution in [2.24, 2.45) is 0 Å². The van der Waals surface area contributed by atoms with Crippen molar-refractivity contribution < 1.29 is 14.3 Å². The summed E-state index contributed by atoms with van der Waals surface area (Å²) in [6.07, 6.45) is 0. The van der Waals surface area contributed by atoms with Gasteiger partial charge >= 0.3 is 0 Å². The molecule has 0 atom stereocenters. The molecule has 0 saturated heterocycles. The van der Waals surface area contributed by atoms with Crippen LogP contribution >= 0.6 is 0 Å². The lowest BCUT2D eigenvalue weighted by molar-refractivity contribution is 0.102. The van der Waals surface area contributed by atoms with Gasteiger partial charge in [0, 0.05) is 16.8 Å². The number of para-hydroxylation sites is 1. The minimum Gasteiger partial charge on any atom is -0.497 e. The second-order valence-corrected chi connectivity index (χ2v) is 5.87. The van der Waals surface area contributed by atoms with Gasteiger partial charge in [-0.05, 0) is 54.6 Å². The summed E-state index contributed by atoms with van der Waals surface area (Å²) < 4.78 is 5.09. The normalized spacial score (nSPS) is 9.86. The first-order valence-electron chi connectivity index (χ1n) is 8.46. The third kappa shape index (κ3) is 4.34. The number of nitriles is 1. The Morgan fingerprint density at radius 3 is 2.14 bits per heavy atom. The molecule has 3 aromatic rings. The van der Waals surface area contributed by atoms with Crippen LogP contribution in [0.2, 0.25) is 0 Å². The lowest BCUT2D eigenvalue weighted by Gasteiger charge is -2.09. The van der Waals surface area contributed by atoms with Gasteiger partial charge in [-0.15, -0.1) is 0 Å². The highest BCUT2D eigenvalue weighted by Crippen LogP contribution is 2.18. The van der Waals surface area contributed by atoms with Crippen molar-refractivity contribution in [2.45, 2.75) is 0 Å². The molecule has 28 heavy (non-hydrogen) atoms. The predicted molar refractivity (Wildman–Crippen MR) is 106 cm³/mol. The van der Waals surface area contributed by atoms with E-state index >= 15 is 0 Å². The topological polar surface area (TPSA) is 91.2 Å². The highest BCUT2D eigenvalue weighted by Gasteiger charge is 2.12. The van der Waals surface area contributed by atoms with Crippen molar-refractivity contribution in [1.29, 1.82) is 5.26 Å². The molecule has 138 valence electrons. The number of hydrogen-bond acceptors (Lipinski definition) is 4. The van der Waals surface area contributed by atoms with E-state index in [1.165, 1.54) is 6.07 Å². The smallest absolute Gasteiger partial charge is 0.255 e. The summed E-state index contributed by atoms with van der Waals surface area (Å²) in [6.45, 7) is 0. The van der Waals surface area contributed by atoms with Gasteiger partial charge in [-0.2, -0.15) is 5.26 Å².